The Labute approximate surface area is 99.3 Å². The SMILES string of the molecule is COc1ccc(N/C=C(\C#N)C(N)=S)cc1. The van der Waals surface area contributed by atoms with Crippen LogP contribution in [0.3, 0.4) is 0 Å². The summed E-state index contributed by atoms with van der Waals surface area (Å²) in [5.74, 6) is 0.768. The van der Waals surface area contributed by atoms with Crippen LogP contribution in [0.4, 0.5) is 5.69 Å². The maximum atomic E-state index is 8.71. The van der Waals surface area contributed by atoms with Crippen LogP contribution in [0.2, 0.25) is 0 Å². The number of thiocarbonyl (C=S) groups is 1. The van der Waals surface area contributed by atoms with Gasteiger partial charge in [-0.05, 0) is 24.3 Å². The maximum absolute atomic E-state index is 8.71. The molecule has 0 saturated carbocycles. The van der Waals surface area contributed by atoms with E-state index < -0.39 is 0 Å². The summed E-state index contributed by atoms with van der Waals surface area (Å²) in [6, 6.07) is 9.17. The summed E-state index contributed by atoms with van der Waals surface area (Å²) in [5, 5.41) is 11.6. The first-order valence-corrected chi connectivity index (χ1v) is 4.89. The summed E-state index contributed by atoms with van der Waals surface area (Å²) in [5.41, 5.74) is 6.40. The number of methoxy groups -OCH3 is 1. The lowest BCUT2D eigenvalue weighted by Crippen LogP contribution is -2.11. The molecule has 0 unspecified atom stereocenters. The molecule has 5 heteroatoms. The zero-order valence-electron chi connectivity index (χ0n) is 8.73. The van der Waals surface area contributed by atoms with E-state index in [0.717, 1.165) is 11.4 Å². The van der Waals surface area contributed by atoms with Crippen molar-refractivity contribution in [1.29, 1.82) is 5.26 Å². The van der Waals surface area contributed by atoms with Crippen LogP contribution in [0.25, 0.3) is 0 Å². The lowest BCUT2D eigenvalue weighted by molar-refractivity contribution is 0.415. The highest BCUT2D eigenvalue weighted by molar-refractivity contribution is 7.80. The fraction of sp³-hybridized carbons (Fsp3) is 0.0909. The first-order chi connectivity index (χ1) is 7.67. The molecule has 82 valence electrons. The number of nitrogens with two attached hydrogens (primary N) is 1. The molecule has 3 N–H and O–H groups in total. The Morgan fingerprint density at radius 2 is 2.12 bits per heavy atom. The number of benzene rings is 1. The average Bonchev–Trinajstić information content (AvgIpc) is 2.30. The molecular weight excluding hydrogens is 222 g/mol. The van der Waals surface area contributed by atoms with E-state index in [9.17, 15) is 0 Å². The van der Waals surface area contributed by atoms with Gasteiger partial charge < -0.3 is 15.8 Å². The lowest BCUT2D eigenvalue weighted by Gasteiger charge is -2.03. The molecule has 0 saturated heterocycles. The number of anilines is 1. The van der Waals surface area contributed by atoms with Crippen molar-refractivity contribution in [2.45, 2.75) is 0 Å². The van der Waals surface area contributed by atoms with E-state index in [1.54, 1.807) is 7.11 Å². The molecule has 0 amide bonds. The van der Waals surface area contributed by atoms with Gasteiger partial charge in [0.25, 0.3) is 0 Å². The van der Waals surface area contributed by atoms with E-state index in [1.165, 1.54) is 6.20 Å². The topological polar surface area (TPSA) is 71.1 Å². The Morgan fingerprint density at radius 3 is 2.56 bits per heavy atom. The second-order valence-corrected chi connectivity index (χ2v) is 3.35. The van der Waals surface area contributed by atoms with Gasteiger partial charge in [-0.3, -0.25) is 0 Å². The molecule has 0 radical (unpaired) electrons. The average molecular weight is 233 g/mol. The smallest absolute Gasteiger partial charge is 0.119 e. The van der Waals surface area contributed by atoms with Crippen molar-refractivity contribution in [3.63, 3.8) is 0 Å². The first kappa shape index (κ1) is 12.0. The minimum atomic E-state index is 0.0727. The normalized spacial score (nSPS) is 10.4. The van der Waals surface area contributed by atoms with Gasteiger partial charge in [0.15, 0.2) is 0 Å². The van der Waals surface area contributed by atoms with Crippen molar-refractivity contribution in [1.82, 2.24) is 0 Å². The van der Waals surface area contributed by atoms with Crippen LogP contribution in [0, 0.1) is 11.3 Å². The second-order valence-electron chi connectivity index (χ2n) is 2.91. The summed E-state index contributed by atoms with van der Waals surface area (Å²) < 4.78 is 5.02. The largest absolute Gasteiger partial charge is 0.497 e. The Morgan fingerprint density at radius 1 is 1.50 bits per heavy atom. The third-order valence-electron chi connectivity index (χ3n) is 1.86. The highest BCUT2D eigenvalue weighted by Gasteiger charge is 1.98. The third kappa shape index (κ3) is 3.26. The lowest BCUT2D eigenvalue weighted by atomic mass is 10.3. The second kappa shape index (κ2) is 5.73. The van der Waals surface area contributed by atoms with Crippen LogP contribution in [0.5, 0.6) is 5.75 Å². The van der Waals surface area contributed by atoms with Crippen molar-refractivity contribution < 1.29 is 4.74 Å². The fourth-order valence-electron chi connectivity index (χ4n) is 1.00. The van der Waals surface area contributed by atoms with Gasteiger partial charge in [0.05, 0.1) is 7.11 Å². The van der Waals surface area contributed by atoms with Crippen molar-refractivity contribution in [2.75, 3.05) is 12.4 Å². The molecule has 0 atom stereocenters. The molecule has 1 aromatic rings. The number of ether oxygens (including phenoxy) is 1. The molecule has 0 spiro atoms. The highest BCUT2D eigenvalue weighted by Crippen LogP contribution is 2.15. The first-order valence-electron chi connectivity index (χ1n) is 4.48. The molecule has 0 aliphatic heterocycles. The number of nitrogens with one attached hydrogen (secondary N) is 1. The molecule has 0 aromatic heterocycles. The van der Waals surface area contributed by atoms with Crippen LogP contribution in [0.15, 0.2) is 36.0 Å². The molecule has 0 aliphatic carbocycles. The molecule has 1 rings (SSSR count). The van der Waals surface area contributed by atoms with Gasteiger partial charge in [0, 0.05) is 11.9 Å². The van der Waals surface area contributed by atoms with Gasteiger partial charge in [-0.1, -0.05) is 12.2 Å². The summed E-state index contributed by atoms with van der Waals surface area (Å²) in [6.45, 7) is 0. The maximum Gasteiger partial charge on any atom is 0.119 e. The minimum Gasteiger partial charge on any atom is -0.497 e. The molecule has 16 heavy (non-hydrogen) atoms. The number of hydrogen-bond donors (Lipinski definition) is 2. The van der Waals surface area contributed by atoms with E-state index in [0.29, 0.717) is 0 Å². The van der Waals surface area contributed by atoms with Crippen LogP contribution in [-0.4, -0.2) is 12.1 Å². The van der Waals surface area contributed by atoms with Gasteiger partial charge in [0.2, 0.25) is 0 Å². The quantitative estimate of drug-likeness (QED) is 0.471. The zero-order chi connectivity index (χ0) is 12.0. The summed E-state index contributed by atoms with van der Waals surface area (Å²) in [6.07, 6.45) is 1.48. The van der Waals surface area contributed by atoms with Crippen LogP contribution < -0.4 is 15.8 Å². The molecule has 0 bridgehead atoms. The van der Waals surface area contributed by atoms with Crippen molar-refractivity contribution in [3.8, 4) is 11.8 Å². The molecule has 4 nitrogen and oxygen atoms in total. The van der Waals surface area contributed by atoms with E-state index in [1.807, 2.05) is 30.3 Å². The number of nitrogens with zero attached hydrogens (tertiary/aromatic N) is 1. The Kier molecular flexibility index (Phi) is 4.30. The van der Waals surface area contributed by atoms with Gasteiger partial charge in [-0.2, -0.15) is 5.26 Å². The zero-order valence-corrected chi connectivity index (χ0v) is 9.54. The van der Waals surface area contributed by atoms with Gasteiger partial charge in [0.1, 0.15) is 22.4 Å². The predicted octanol–water partition coefficient (Wildman–Crippen LogP) is 1.80. The third-order valence-corrected chi connectivity index (χ3v) is 2.08. The molecule has 0 fully saturated rings. The van der Waals surface area contributed by atoms with Crippen LogP contribution in [0.1, 0.15) is 0 Å². The minimum absolute atomic E-state index is 0.0727. The van der Waals surface area contributed by atoms with Crippen molar-refractivity contribution in [3.05, 3.63) is 36.0 Å². The Bertz CT molecular complexity index is 445. The molecule has 0 heterocycles. The summed E-state index contributed by atoms with van der Waals surface area (Å²) in [7, 11) is 1.60. The fourth-order valence-corrected chi connectivity index (χ4v) is 1.11. The van der Waals surface area contributed by atoms with E-state index in [4.69, 9.17) is 28.0 Å². The summed E-state index contributed by atoms with van der Waals surface area (Å²) >= 11 is 4.70. The van der Waals surface area contributed by atoms with Gasteiger partial charge >= 0.3 is 0 Å². The van der Waals surface area contributed by atoms with E-state index in [2.05, 4.69) is 5.32 Å². The Balaban J connectivity index is 2.74. The number of nitriles is 1. The molecule has 1 aromatic carbocycles. The van der Waals surface area contributed by atoms with E-state index >= 15 is 0 Å². The summed E-state index contributed by atoms with van der Waals surface area (Å²) in [4.78, 5) is 0.0727. The van der Waals surface area contributed by atoms with Gasteiger partial charge in [-0.15, -0.1) is 0 Å². The van der Waals surface area contributed by atoms with E-state index in [-0.39, 0.29) is 10.6 Å². The van der Waals surface area contributed by atoms with Crippen LogP contribution >= 0.6 is 12.2 Å². The van der Waals surface area contributed by atoms with Crippen molar-refractivity contribution >= 4 is 22.9 Å². The molecule has 0 aliphatic rings. The predicted molar refractivity (Wildman–Crippen MR) is 67.1 cm³/mol. The van der Waals surface area contributed by atoms with Crippen molar-refractivity contribution in [2.24, 2.45) is 5.73 Å². The van der Waals surface area contributed by atoms with Gasteiger partial charge in [-0.25, -0.2) is 0 Å². The standard InChI is InChI=1S/C11H11N3OS/c1-15-10-4-2-9(3-5-10)14-7-8(6-12)11(13)16/h2-5,7,14H,1H3,(H2,13,16)/b8-7+. The number of rotatable bonds is 4. The number of hydrogen-bond acceptors (Lipinski definition) is 4. The molecular formula is C11H11N3OS. The Hall–Kier alpha value is -2.06. The van der Waals surface area contributed by atoms with Crippen LogP contribution in [-0.2, 0) is 0 Å². The monoisotopic (exact) mass is 233 g/mol. The highest BCUT2D eigenvalue weighted by atomic mass is 32.1.